The van der Waals surface area contributed by atoms with Gasteiger partial charge in [-0.05, 0) is 36.2 Å². The second kappa shape index (κ2) is 6.19. The molecule has 1 unspecified atom stereocenters. The van der Waals surface area contributed by atoms with E-state index in [-0.39, 0.29) is 19.1 Å². The van der Waals surface area contributed by atoms with E-state index < -0.39 is 17.7 Å². The van der Waals surface area contributed by atoms with E-state index in [4.69, 9.17) is 4.74 Å². The quantitative estimate of drug-likeness (QED) is 0.926. The molecule has 1 N–H and O–H groups in total. The first kappa shape index (κ1) is 16.4. The van der Waals surface area contributed by atoms with Gasteiger partial charge in [-0.15, -0.1) is 0 Å². The highest BCUT2D eigenvalue weighted by molar-refractivity contribution is 5.85. The zero-order valence-corrected chi connectivity index (χ0v) is 13.0. The minimum absolute atomic E-state index is 0.182. The van der Waals surface area contributed by atoms with E-state index in [2.05, 4.69) is 5.32 Å². The number of aryl methyl sites for hydroxylation is 1. The van der Waals surface area contributed by atoms with E-state index in [1.54, 1.807) is 6.92 Å². The summed E-state index contributed by atoms with van der Waals surface area (Å²) in [7, 11) is 0. The maximum absolute atomic E-state index is 12.7. The predicted octanol–water partition coefficient (Wildman–Crippen LogP) is 3.81. The molecule has 2 aromatic carbocycles. The number of carbonyl (C=O) groups is 1. The molecule has 0 saturated carbocycles. The van der Waals surface area contributed by atoms with Crippen LogP contribution < -0.4 is 10.1 Å². The van der Waals surface area contributed by atoms with Crippen molar-refractivity contribution in [2.45, 2.75) is 25.6 Å². The minimum atomic E-state index is -4.36. The van der Waals surface area contributed by atoms with Crippen molar-refractivity contribution < 1.29 is 22.7 Å². The lowest BCUT2D eigenvalue weighted by atomic mass is 10.00. The molecule has 2 aromatic rings. The van der Waals surface area contributed by atoms with Gasteiger partial charge in [-0.1, -0.05) is 24.3 Å². The minimum Gasteiger partial charge on any atom is -0.492 e. The van der Waals surface area contributed by atoms with Crippen LogP contribution in [-0.2, 0) is 17.5 Å². The van der Waals surface area contributed by atoms with Crippen LogP contribution in [0, 0.1) is 6.92 Å². The molecule has 6 heteroatoms. The van der Waals surface area contributed by atoms with Crippen molar-refractivity contribution in [2.24, 2.45) is 0 Å². The average Bonchev–Trinajstić information content (AvgIpc) is 2.96. The number of alkyl halides is 3. The Bertz CT molecular complexity index is 771. The Hall–Kier alpha value is -2.50. The Balaban J connectivity index is 1.67. The molecule has 1 aliphatic rings. The largest absolute Gasteiger partial charge is 0.492 e. The summed E-state index contributed by atoms with van der Waals surface area (Å²) in [5.74, 6) is 0.110. The van der Waals surface area contributed by atoms with Crippen LogP contribution in [0.15, 0.2) is 42.5 Å². The van der Waals surface area contributed by atoms with Crippen LogP contribution in [0.2, 0.25) is 0 Å². The van der Waals surface area contributed by atoms with Crippen LogP contribution in [0.5, 0.6) is 5.75 Å². The second-order valence-corrected chi connectivity index (χ2v) is 5.76. The molecule has 0 saturated heterocycles. The van der Waals surface area contributed by atoms with Gasteiger partial charge in [0, 0.05) is 12.1 Å². The van der Waals surface area contributed by atoms with Gasteiger partial charge in [0.1, 0.15) is 18.3 Å². The average molecular weight is 335 g/mol. The van der Waals surface area contributed by atoms with Crippen molar-refractivity contribution in [2.75, 3.05) is 6.61 Å². The van der Waals surface area contributed by atoms with Gasteiger partial charge in [0.15, 0.2) is 0 Å². The molecule has 0 bridgehead atoms. The third kappa shape index (κ3) is 3.22. The number of carbonyl (C=O) groups excluding carboxylic acids is 1. The van der Waals surface area contributed by atoms with Crippen molar-refractivity contribution in [1.82, 2.24) is 5.32 Å². The molecule has 3 nitrogen and oxygen atoms in total. The molecule has 0 fully saturated rings. The standard InChI is InChI=1S/C18H16F3NO2/c1-11-8-13(18(19,20)21)7-6-12(11)9-22-17(23)15-10-24-16-5-3-2-4-14(15)16/h2-8,15H,9-10H2,1H3,(H,22,23). The molecule has 0 aromatic heterocycles. The van der Waals surface area contributed by atoms with Crippen LogP contribution in [0.3, 0.4) is 0 Å². The molecule has 126 valence electrons. The van der Waals surface area contributed by atoms with Crippen LogP contribution in [0.1, 0.15) is 28.2 Å². The van der Waals surface area contributed by atoms with Crippen LogP contribution in [0.4, 0.5) is 13.2 Å². The highest BCUT2D eigenvalue weighted by atomic mass is 19.4. The lowest BCUT2D eigenvalue weighted by molar-refractivity contribution is -0.137. The lowest BCUT2D eigenvalue weighted by Crippen LogP contribution is -2.30. The first-order chi connectivity index (χ1) is 11.4. The van der Waals surface area contributed by atoms with Crippen LogP contribution >= 0.6 is 0 Å². The predicted molar refractivity (Wildman–Crippen MR) is 82.7 cm³/mol. The molecule has 0 aliphatic carbocycles. The summed E-state index contributed by atoms with van der Waals surface area (Å²) in [6.45, 7) is 2.06. The van der Waals surface area contributed by atoms with Gasteiger partial charge < -0.3 is 10.1 Å². The molecule has 1 amide bonds. The Morgan fingerprint density at radius 3 is 2.71 bits per heavy atom. The SMILES string of the molecule is Cc1cc(C(F)(F)F)ccc1CNC(=O)C1COc2ccccc21. The Morgan fingerprint density at radius 1 is 1.25 bits per heavy atom. The van der Waals surface area contributed by atoms with Gasteiger partial charge in [-0.25, -0.2) is 0 Å². The van der Waals surface area contributed by atoms with Gasteiger partial charge in [-0.3, -0.25) is 4.79 Å². The summed E-state index contributed by atoms with van der Waals surface area (Å²) in [5, 5.41) is 2.78. The number of amides is 1. The number of rotatable bonds is 3. The number of nitrogens with one attached hydrogen (secondary N) is 1. The third-order valence-electron chi connectivity index (χ3n) is 4.14. The Labute approximate surface area is 137 Å². The number of ether oxygens (including phenoxy) is 1. The summed E-state index contributed by atoms with van der Waals surface area (Å²) < 4.78 is 43.5. The number of para-hydroxylation sites is 1. The van der Waals surface area contributed by atoms with E-state index in [1.165, 1.54) is 6.07 Å². The van der Waals surface area contributed by atoms with E-state index in [0.29, 0.717) is 16.9 Å². The Kier molecular flexibility index (Phi) is 4.22. The van der Waals surface area contributed by atoms with Crippen molar-refractivity contribution in [1.29, 1.82) is 0 Å². The molecule has 0 spiro atoms. The lowest BCUT2D eigenvalue weighted by Gasteiger charge is -2.13. The maximum atomic E-state index is 12.7. The monoisotopic (exact) mass is 335 g/mol. The zero-order valence-electron chi connectivity index (χ0n) is 13.0. The van der Waals surface area contributed by atoms with Gasteiger partial charge in [0.25, 0.3) is 0 Å². The summed E-state index contributed by atoms with van der Waals surface area (Å²) in [5.41, 5.74) is 1.30. The van der Waals surface area contributed by atoms with E-state index in [0.717, 1.165) is 17.7 Å². The summed E-state index contributed by atoms with van der Waals surface area (Å²) >= 11 is 0. The highest BCUT2D eigenvalue weighted by Crippen LogP contribution is 2.34. The maximum Gasteiger partial charge on any atom is 0.416 e. The molecule has 3 rings (SSSR count). The van der Waals surface area contributed by atoms with Gasteiger partial charge in [0.05, 0.1) is 5.56 Å². The second-order valence-electron chi connectivity index (χ2n) is 5.76. The fraction of sp³-hybridized carbons (Fsp3) is 0.278. The summed E-state index contributed by atoms with van der Waals surface area (Å²) in [6, 6.07) is 10.9. The number of hydrogen-bond acceptors (Lipinski definition) is 2. The topological polar surface area (TPSA) is 38.3 Å². The molecule has 24 heavy (non-hydrogen) atoms. The highest BCUT2D eigenvalue weighted by Gasteiger charge is 2.31. The van der Waals surface area contributed by atoms with Crippen LogP contribution in [0.25, 0.3) is 0 Å². The van der Waals surface area contributed by atoms with E-state index in [9.17, 15) is 18.0 Å². The van der Waals surface area contributed by atoms with Crippen molar-refractivity contribution >= 4 is 5.91 Å². The molecular formula is C18H16F3NO2. The fourth-order valence-electron chi connectivity index (χ4n) is 2.76. The third-order valence-corrected chi connectivity index (χ3v) is 4.14. The van der Waals surface area contributed by atoms with Gasteiger partial charge >= 0.3 is 6.18 Å². The normalized spacial score (nSPS) is 16.4. The molecule has 1 heterocycles. The van der Waals surface area contributed by atoms with Gasteiger partial charge in [-0.2, -0.15) is 13.2 Å². The smallest absolute Gasteiger partial charge is 0.416 e. The van der Waals surface area contributed by atoms with Crippen LogP contribution in [-0.4, -0.2) is 12.5 Å². The molecule has 1 aliphatic heterocycles. The zero-order chi connectivity index (χ0) is 17.3. The van der Waals surface area contributed by atoms with E-state index in [1.807, 2.05) is 24.3 Å². The summed E-state index contributed by atoms with van der Waals surface area (Å²) in [4.78, 5) is 12.3. The number of benzene rings is 2. The number of hydrogen-bond donors (Lipinski definition) is 1. The Morgan fingerprint density at radius 2 is 2.00 bits per heavy atom. The first-order valence-electron chi connectivity index (χ1n) is 7.52. The molecule has 1 atom stereocenters. The summed E-state index contributed by atoms with van der Waals surface area (Å²) in [6.07, 6.45) is -4.36. The molecule has 0 radical (unpaired) electrons. The van der Waals surface area contributed by atoms with Crippen molar-refractivity contribution in [3.05, 3.63) is 64.7 Å². The fourth-order valence-corrected chi connectivity index (χ4v) is 2.76. The number of fused-ring (bicyclic) bond motifs is 1. The van der Waals surface area contributed by atoms with Gasteiger partial charge in [0.2, 0.25) is 5.91 Å². The van der Waals surface area contributed by atoms with E-state index >= 15 is 0 Å². The molecular weight excluding hydrogens is 319 g/mol. The van der Waals surface area contributed by atoms with Crippen molar-refractivity contribution in [3.8, 4) is 5.75 Å². The van der Waals surface area contributed by atoms with Crippen molar-refractivity contribution in [3.63, 3.8) is 0 Å². The number of halogens is 3. The first-order valence-corrected chi connectivity index (χ1v) is 7.52.